The summed E-state index contributed by atoms with van der Waals surface area (Å²) in [6.07, 6.45) is -2.13. The highest BCUT2D eigenvalue weighted by Crippen LogP contribution is 2.33. The largest absolute Gasteiger partial charge is 0.416 e. The molecule has 6 heteroatoms. The van der Waals surface area contributed by atoms with Crippen molar-refractivity contribution >= 4 is 16.6 Å². The summed E-state index contributed by atoms with van der Waals surface area (Å²) in [4.78, 5) is 4.22. The number of ether oxygens (including phenoxy) is 1. The van der Waals surface area contributed by atoms with Gasteiger partial charge in [0.1, 0.15) is 0 Å². The molecule has 0 saturated carbocycles. The number of fused-ring (bicyclic) bond motifs is 1. The molecular formula is C16H17F3N2O. The van der Waals surface area contributed by atoms with Gasteiger partial charge in [0.05, 0.1) is 17.2 Å². The number of anilines is 1. The second-order valence-corrected chi connectivity index (χ2v) is 5.56. The molecule has 1 N–H and O–H groups in total. The van der Waals surface area contributed by atoms with Crippen molar-refractivity contribution < 1.29 is 17.9 Å². The van der Waals surface area contributed by atoms with Gasteiger partial charge in [0.2, 0.25) is 0 Å². The van der Waals surface area contributed by atoms with Gasteiger partial charge in [0.15, 0.2) is 0 Å². The topological polar surface area (TPSA) is 34.1 Å². The first-order chi connectivity index (χ1) is 10.4. The van der Waals surface area contributed by atoms with Crippen LogP contribution in [0.4, 0.5) is 18.9 Å². The van der Waals surface area contributed by atoms with Crippen LogP contribution in [0.3, 0.4) is 0 Å². The molecule has 3 rings (SSSR count). The van der Waals surface area contributed by atoms with Crippen molar-refractivity contribution in [3.63, 3.8) is 0 Å². The summed E-state index contributed by atoms with van der Waals surface area (Å²) < 4.78 is 44.0. The SMILES string of the molecule is Cc1cc(NCC2CCCO2)c2ccc(C(F)(F)F)cc2n1. The number of nitrogens with one attached hydrogen (secondary N) is 1. The molecule has 1 saturated heterocycles. The van der Waals surface area contributed by atoms with Crippen LogP contribution in [0.5, 0.6) is 0 Å². The third-order valence-corrected chi connectivity index (χ3v) is 3.81. The Balaban J connectivity index is 1.92. The summed E-state index contributed by atoms with van der Waals surface area (Å²) in [6, 6.07) is 5.52. The molecule has 3 nitrogen and oxygen atoms in total. The van der Waals surface area contributed by atoms with Crippen LogP contribution in [0, 0.1) is 6.92 Å². The fourth-order valence-corrected chi connectivity index (χ4v) is 2.71. The predicted molar refractivity (Wildman–Crippen MR) is 78.9 cm³/mol. The van der Waals surface area contributed by atoms with Crippen LogP contribution < -0.4 is 5.32 Å². The Labute approximate surface area is 126 Å². The van der Waals surface area contributed by atoms with Gasteiger partial charge in [-0.15, -0.1) is 0 Å². The molecule has 0 amide bonds. The lowest BCUT2D eigenvalue weighted by molar-refractivity contribution is -0.137. The fourth-order valence-electron chi connectivity index (χ4n) is 2.71. The van der Waals surface area contributed by atoms with Crippen LogP contribution in [0.2, 0.25) is 0 Å². The first-order valence-corrected chi connectivity index (χ1v) is 7.27. The highest BCUT2D eigenvalue weighted by Gasteiger charge is 2.30. The summed E-state index contributed by atoms with van der Waals surface area (Å²) in [5.41, 5.74) is 1.15. The van der Waals surface area contributed by atoms with Crippen molar-refractivity contribution in [2.75, 3.05) is 18.5 Å². The van der Waals surface area contributed by atoms with E-state index in [2.05, 4.69) is 10.3 Å². The summed E-state index contributed by atoms with van der Waals surface area (Å²) in [5, 5.41) is 3.97. The number of nitrogens with zero attached hydrogens (tertiary/aromatic N) is 1. The van der Waals surface area contributed by atoms with E-state index in [1.807, 2.05) is 6.07 Å². The van der Waals surface area contributed by atoms with E-state index in [1.165, 1.54) is 6.07 Å². The standard InChI is InChI=1S/C16H17F3N2O/c1-10-7-14(20-9-12-3-2-6-22-12)13-5-4-11(16(17,18)19)8-15(13)21-10/h4-5,7-8,12H,2-3,6,9H2,1H3,(H,20,21). The van der Waals surface area contributed by atoms with Gasteiger partial charge < -0.3 is 10.1 Å². The van der Waals surface area contributed by atoms with Gasteiger partial charge >= 0.3 is 6.18 Å². The molecule has 1 aromatic heterocycles. The minimum absolute atomic E-state index is 0.165. The second-order valence-electron chi connectivity index (χ2n) is 5.56. The van der Waals surface area contributed by atoms with Crippen molar-refractivity contribution in [2.45, 2.75) is 32.0 Å². The van der Waals surface area contributed by atoms with Crippen LogP contribution in [-0.2, 0) is 10.9 Å². The molecule has 22 heavy (non-hydrogen) atoms. The van der Waals surface area contributed by atoms with Crippen molar-refractivity contribution in [1.29, 1.82) is 0 Å². The van der Waals surface area contributed by atoms with Gasteiger partial charge in [-0.1, -0.05) is 6.07 Å². The average Bonchev–Trinajstić information content (AvgIpc) is 2.96. The Morgan fingerprint density at radius 1 is 1.32 bits per heavy atom. The van der Waals surface area contributed by atoms with E-state index in [9.17, 15) is 13.2 Å². The molecule has 1 aliphatic rings. The number of alkyl halides is 3. The van der Waals surface area contributed by atoms with Crippen LogP contribution in [-0.4, -0.2) is 24.2 Å². The maximum Gasteiger partial charge on any atom is 0.416 e. The zero-order valence-electron chi connectivity index (χ0n) is 12.2. The van der Waals surface area contributed by atoms with Gasteiger partial charge in [-0.2, -0.15) is 13.2 Å². The lowest BCUT2D eigenvalue weighted by atomic mass is 10.1. The van der Waals surface area contributed by atoms with E-state index in [0.29, 0.717) is 23.1 Å². The maximum atomic E-state index is 12.8. The molecule has 1 unspecified atom stereocenters. The average molecular weight is 310 g/mol. The minimum Gasteiger partial charge on any atom is -0.382 e. The lowest BCUT2D eigenvalue weighted by Gasteiger charge is -2.15. The molecule has 2 heterocycles. The Hall–Kier alpha value is -1.82. The molecule has 1 atom stereocenters. The number of rotatable bonds is 3. The Bertz CT molecular complexity index is 679. The van der Waals surface area contributed by atoms with Crippen LogP contribution >= 0.6 is 0 Å². The van der Waals surface area contributed by atoms with Crippen molar-refractivity contribution in [2.24, 2.45) is 0 Å². The molecule has 1 fully saturated rings. The number of aromatic nitrogens is 1. The van der Waals surface area contributed by atoms with Gasteiger partial charge in [0.25, 0.3) is 0 Å². The second kappa shape index (κ2) is 5.76. The molecule has 1 aliphatic heterocycles. The molecular weight excluding hydrogens is 293 g/mol. The Morgan fingerprint density at radius 2 is 2.14 bits per heavy atom. The number of hydrogen-bond acceptors (Lipinski definition) is 3. The summed E-state index contributed by atoms with van der Waals surface area (Å²) in [7, 11) is 0. The van der Waals surface area contributed by atoms with Crippen molar-refractivity contribution in [1.82, 2.24) is 4.98 Å². The normalized spacial score (nSPS) is 18.8. The smallest absolute Gasteiger partial charge is 0.382 e. The minimum atomic E-state index is -4.36. The van der Waals surface area contributed by atoms with Gasteiger partial charge in [0, 0.05) is 29.9 Å². The Kier molecular flexibility index (Phi) is 3.95. The van der Waals surface area contributed by atoms with E-state index in [4.69, 9.17) is 4.74 Å². The monoisotopic (exact) mass is 310 g/mol. The zero-order chi connectivity index (χ0) is 15.7. The van der Waals surface area contributed by atoms with E-state index < -0.39 is 11.7 Å². The summed E-state index contributed by atoms with van der Waals surface area (Å²) >= 11 is 0. The molecule has 1 aromatic carbocycles. The Morgan fingerprint density at radius 3 is 2.82 bits per heavy atom. The van der Waals surface area contributed by atoms with E-state index in [-0.39, 0.29) is 6.10 Å². The van der Waals surface area contributed by atoms with E-state index in [0.717, 1.165) is 37.3 Å². The first kappa shape index (κ1) is 15.1. The molecule has 0 aliphatic carbocycles. The number of halogens is 3. The molecule has 0 bridgehead atoms. The van der Waals surface area contributed by atoms with Crippen LogP contribution in [0.15, 0.2) is 24.3 Å². The molecule has 118 valence electrons. The number of benzene rings is 1. The lowest BCUT2D eigenvalue weighted by Crippen LogP contribution is -2.18. The number of aryl methyl sites for hydroxylation is 1. The van der Waals surface area contributed by atoms with E-state index in [1.54, 1.807) is 6.92 Å². The van der Waals surface area contributed by atoms with Gasteiger partial charge in [-0.05, 0) is 38.0 Å². The fraction of sp³-hybridized carbons (Fsp3) is 0.438. The van der Waals surface area contributed by atoms with Crippen molar-refractivity contribution in [3.05, 3.63) is 35.5 Å². The highest BCUT2D eigenvalue weighted by atomic mass is 19.4. The number of hydrogen-bond donors (Lipinski definition) is 1. The summed E-state index contributed by atoms with van der Waals surface area (Å²) in [6.45, 7) is 3.20. The van der Waals surface area contributed by atoms with Crippen LogP contribution in [0.1, 0.15) is 24.1 Å². The van der Waals surface area contributed by atoms with Crippen molar-refractivity contribution in [3.8, 4) is 0 Å². The van der Waals surface area contributed by atoms with Gasteiger partial charge in [-0.25, -0.2) is 0 Å². The van der Waals surface area contributed by atoms with Gasteiger partial charge in [-0.3, -0.25) is 4.98 Å². The van der Waals surface area contributed by atoms with E-state index >= 15 is 0 Å². The molecule has 0 spiro atoms. The predicted octanol–water partition coefficient (Wildman–Crippen LogP) is 4.15. The maximum absolute atomic E-state index is 12.8. The highest BCUT2D eigenvalue weighted by molar-refractivity contribution is 5.92. The van der Waals surface area contributed by atoms with Crippen LogP contribution in [0.25, 0.3) is 10.9 Å². The molecule has 2 aromatic rings. The molecule has 0 radical (unpaired) electrons. The first-order valence-electron chi connectivity index (χ1n) is 7.27. The third-order valence-electron chi connectivity index (χ3n) is 3.81. The zero-order valence-corrected chi connectivity index (χ0v) is 12.2. The summed E-state index contributed by atoms with van der Waals surface area (Å²) in [5.74, 6) is 0. The quantitative estimate of drug-likeness (QED) is 0.924. The number of pyridine rings is 1. The third kappa shape index (κ3) is 3.16.